The van der Waals surface area contributed by atoms with Crippen molar-refractivity contribution in [1.82, 2.24) is 4.98 Å². The number of hydrogen-bond acceptors (Lipinski definition) is 5. The van der Waals surface area contributed by atoms with Gasteiger partial charge in [-0.15, -0.1) is 0 Å². The lowest BCUT2D eigenvalue weighted by Gasteiger charge is -2.23. The average Bonchev–Trinajstić information content (AvgIpc) is 2.34. The zero-order chi connectivity index (χ0) is 11.8. The minimum absolute atomic E-state index is 0.0312. The highest BCUT2D eigenvalue weighted by atomic mass is 16.5. The lowest BCUT2D eigenvalue weighted by atomic mass is 10.2. The second-order valence-electron chi connectivity index (χ2n) is 3.21. The van der Waals surface area contributed by atoms with Crippen LogP contribution >= 0.6 is 0 Å². The first-order valence-electron chi connectivity index (χ1n) is 5.02. The zero-order valence-corrected chi connectivity index (χ0v) is 9.26. The normalized spacial score (nSPS) is 9.81. The van der Waals surface area contributed by atoms with Crippen LogP contribution in [0.3, 0.4) is 0 Å². The highest BCUT2D eigenvalue weighted by Crippen LogP contribution is 2.17. The van der Waals surface area contributed by atoms with E-state index in [-0.39, 0.29) is 6.61 Å². The molecule has 1 aromatic heterocycles. The molecule has 0 aliphatic rings. The van der Waals surface area contributed by atoms with E-state index in [1.165, 1.54) is 0 Å². The van der Waals surface area contributed by atoms with Gasteiger partial charge in [-0.05, 0) is 6.07 Å². The fraction of sp³-hybridized carbons (Fsp3) is 0.455. The number of nitrogens with zero attached hydrogens (tertiary/aromatic N) is 3. The summed E-state index contributed by atoms with van der Waals surface area (Å²) in [7, 11) is 1.62. The Morgan fingerprint density at radius 1 is 1.56 bits per heavy atom. The average molecular weight is 221 g/mol. The Labute approximate surface area is 94.9 Å². The standard InChI is InChI=1S/C11H15N3O2/c1-16-7-5-14(4-6-15)11-9-13-3-2-10(11)8-12/h2-3,9,15H,4-7H2,1H3. The van der Waals surface area contributed by atoms with E-state index in [2.05, 4.69) is 11.1 Å². The van der Waals surface area contributed by atoms with Gasteiger partial charge < -0.3 is 14.7 Å². The number of aliphatic hydroxyl groups excluding tert-OH is 1. The maximum Gasteiger partial charge on any atom is 0.101 e. The predicted molar refractivity (Wildman–Crippen MR) is 60.1 cm³/mol. The molecule has 0 fully saturated rings. The Kier molecular flexibility index (Phi) is 5.26. The second kappa shape index (κ2) is 6.77. The number of aromatic nitrogens is 1. The van der Waals surface area contributed by atoms with Crippen molar-refractivity contribution in [2.45, 2.75) is 0 Å². The third-order valence-corrected chi connectivity index (χ3v) is 2.20. The molecule has 0 bridgehead atoms. The van der Waals surface area contributed by atoms with Gasteiger partial charge in [-0.3, -0.25) is 4.98 Å². The first-order chi connectivity index (χ1) is 7.83. The van der Waals surface area contributed by atoms with Gasteiger partial charge in [-0.1, -0.05) is 0 Å². The van der Waals surface area contributed by atoms with Crippen LogP contribution in [-0.2, 0) is 4.74 Å². The van der Waals surface area contributed by atoms with Crippen LogP contribution in [0.1, 0.15) is 5.56 Å². The largest absolute Gasteiger partial charge is 0.395 e. The Morgan fingerprint density at radius 2 is 2.38 bits per heavy atom. The van der Waals surface area contributed by atoms with E-state index in [1.54, 1.807) is 25.6 Å². The number of nitriles is 1. The van der Waals surface area contributed by atoms with Crippen LogP contribution in [0.4, 0.5) is 5.69 Å². The molecule has 5 heteroatoms. The van der Waals surface area contributed by atoms with Gasteiger partial charge >= 0.3 is 0 Å². The van der Waals surface area contributed by atoms with Gasteiger partial charge in [0.2, 0.25) is 0 Å². The van der Waals surface area contributed by atoms with Crippen LogP contribution in [0.2, 0.25) is 0 Å². The first-order valence-corrected chi connectivity index (χ1v) is 5.02. The number of methoxy groups -OCH3 is 1. The lowest BCUT2D eigenvalue weighted by molar-refractivity contribution is 0.203. The molecule has 0 aliphatic carbocycles. The Bertz CT molecular complexity index is 362. The molecule has 1 heterocycles. The fourth-order valence-corrected chi connectivity index (χ4v) is 1.41. The van der Waals surface area contributed by atoms with Crippen molar-refractivity contribution in [3.05, 3.63) is 24.0 Å². The number of hydrogen-bond donors (Lipinski definition) is 1. The molecule has 0 aromatic carbocycles. The van der Waals surface area contributed by atoms with Crippen molar-refractivity contribution in [2.75, 3.05) is 38.3 Å². The molecule has 16 heavy (non-hydrogen) atoms. The minimum atomic E-state index is 0.0312. The molecule has 0 saturated carbocycles. The van der Waals surface area contributed by atoms with Crippen LogP contribution in [0.5, 0.6) is 0 Å². The quantitative estimate of drug-likeness (QED) is 0.753. The maximum atomic E-state index is 8.98. The van der Waals surface area contributed by atoms with E-state index in [0.29, 0.717) is 25.3 Å². The highest BCUT2D eigenvalue weighted by Gasteiger charge is 2.10. The third kappa shape index (κ3) is 3.19. The smallest absolute Gasteiger partial charge is 0.101 e. The molecule has 0 radical (unpaired) electrons. The monoisotopic (exact) mass is 221 g/mol. The van der Waals surface area contributed by atoms with Gasteiger partial charge in [0.05, 0.1) is 30.7 Å². The van der Waals surface area contributed by atoms with Crippen LogP contribution < -0.4 is 4.90 Å². The van der Waals surface area contributed by atoms with E-state index < -0.39 is 0 Å². The van der Waals surface area contributed by atoms with E-state index in [9.17, 15) is 0 Å². The summed E-state index contributed by atoms with van der Waals surface area (Å²) in [6.45, 7) is 1.66. The van der Waals surface area contributed by atoms with Crippen molar-refractivity contribution in [2.24, 2.45) is 0 Å². The number of rotatable bonds is 6. The summed E-state index contributed by atoms with van der Waals surface area (Å²) in [5.74, 6) is 0. The third-order valence-electron chi connectivity index (χ3n) is 2.20. The van der Waals surface area contributed by atoms with Crippen molar-refractivity contribution < 1.29 is 9.84 Å². The Morgan fingerprint density at radius 3 is 3.00 bits per heavy atom. The molecular weight excluding hydrogens is 206 g/mol. The molecule has 0 unspecified atom stereocenters. The SMILES string of the molecule is COCCN(CCO)c1cnccc1C#N. The first kappa shape index (κ1) is 12.4. The minimum Gasteiger partial charge on any atom is -0.395 e. The topological polar surface area (TPSA) is 69.4 Å². The van der Waals surface area contributed by atoms with Crippen LogP contribution in [0.15, 0.2) is 18.5 Å². The summed E-state index contributed by atoms with van der Waals surface area (Å²) < 4.78 is 4.99. The van der Waals surface area contributed by atoms with Crippen LogP contribution in [-0.4, -0.2) is 43.5 Å². The Hall–Kier alpha value is -1.64. The van der Waals surface area contributed by atoms with Gasteiger partial charge in [0.1, 0.15) is 6.07 Å². The molecule has 1 N–H and O–H groups in total. The van der Waals surface area contributed by atoms with Crippen molar-refractivity contribution >= 4 is 5.69 Å². The van der Waals surface area contributed by atoms with Crippen molar-refractivity contribution in [3.63, 3.8) is 0 Å². The number of anilines is 1. The molecular formula is C11H15N3O2. The van der Waals surface area contributed by atoms with E-state index in [4.69, 9.17) is 15.1 Å². The summed E-state index contributed by atoms with van der Waals surface area (Å²) in [6.07, 6.45) is 3.21. The summed E-state index contributed by atoms with van der Waals surface area (Å²) in [6, 6.07) is 3.77. The molecule has 0 saturated heterocycles. The van der Waals surface area contributed by atoms with Crippen LogP contribution in [0, 0.1) is 11.3 Å². The van der Waals surface area contributed by atoms with E-state index in [1.807, 2.05) is 4.90 Å². The molecule has 5 nitrogen and oxygen atoms in total. The van der Waals surface area contributed by atoms with E-state index >= 15 is 0 Å². The number of ether oxygens (including phenoxy) is 1. The van der Waals surface area contributed by atoms with Gasteiger partial charge in [0.15, 0.2) is 0 Å². The summed E-state index contributed by atoms with van der Waals surface area (Å²) in [5, 5.41) is 17.9. The fourth-order valence-electron chi connectivity index (χ4n) is 1.41. The molecule has 86 valence electrons. The summed E-state index contributed by atoms with van der Waals surface area (Å²) in [4.78, 5) is 5.87. The zero-order valence-electron chi connectivity index (χ0n) is 9.26. The molecule has 0 atom stereocenters. The number of pyridine rings is 1. The Balaban J connectivity index is 2.87. The van der Waals surface area contributed by atoms with Crippen LogP contribution in [0.25, 0.3) is 0 Å². The second-order valence-corrected chi connectivity index (χ2v) is 3.21. The van der Waals surface area contributed by atoms with Gasteiger partial charge in [0.25, 0.3) is 0 Å². The van der Waals surface area contributed by atoms with Gasteiger partial charge in [-0.25, -0.2) is 0 Å². The van der Waals surface area contributed by atoms with Crippen molar-refractivity contribution in [1.29, 1.82) is 5.26 Å². The van der Waals surface area contributed by atoms with E-state index in [0.717, 1.165) is 5.69 Å². The van der Waals surface area contributed by atoms with Gasteiger partial charge in [-0.2, -0.15) is 5.26 Å². The predicted octanol–water partition coefficient (Wildman–Crippen LogP) is 0.398. The molecule has 0 spiro atoms. The maximum absolute atomic E-state index is 8.98. The lowest BCUT2D eigenvalue weighted by Crippen LogP contribution is -2.30. The highest BCUT2D eigenvalue weighted by molar-refractivity contribution is 5.57. The molecule has 1 aromatic rings. The molecule has 0 aliphatic heterocycles. The van der Waals surface area contributed by atoms with Gasteiger partial charge in [0, 0.05) is 26.4 Å². The summed E-state index contributed by atoms with van der Waals surface area (Å²) in [5.41, 5.74) is 1.29. The molecule has 0 amide bonds. The number of aliphatic hydroxyl groups is 1. The summed E-state index contributed by atoms with van der Waals surface area (Å²) >= 11 is 0. The van der Waals surface area contributed by atoms with Crippen molar-refractivity contribution in [3.8, 4) is 6.07 Å². The molecule has 1 rings (SSSR count).